The van der Waals surface area contributed by atoms with Crippen molar-refractivity contribution < 1.29 is 0 Å². The molecule has 6 heteroatoms. The van der Waals surface area contributed by atoms with Crippen LogP contribution < -0.4 is 5.73 Å². The van der Waals surface area contributed by atoms with Crippen molar-refractivity contribution in [2.24, 2.45) is 5.73 Å². The Morgan fingerprint density at radius 1 is 1.47 bits per heavy atom. The quantitative estimate of drug-likeness (QED) is 0.819. The van der Waals surface area contributed by atoms with Crippen molar-refractivity contribution in [2.75, 3.05) is 0 Å². The van der Waals surface area contributed by atoms with Crippen LogP contribution in [0.2, 0.25) is 0 Å². The molecule has 0 aliphatic carbocycles. The predicted molar refractivity (Wildman–Crippen MR) is 59.4 cm³/mol. The van der Waals surface area contributed by atoms with Crippen LogP contribution in [0.1, 0.15) is 24.2 Å². The van der Waals surface area contributed by atoms with Crippen LogP contribution in [0.15, 0.2) is 5.38 Å². The number of nitrogens with zero attached hydrogens (tertiary/aromatic N) is 3. The fourth-order valence-corrected chi connectivity index (χ4v) is 1.92. The summed E-state index contributed by atoms with van der Waals surface area (Å²) in [5.74, 6) is 1.57. The molecule has 0 aliphatic rings. The second-order valence-corrected chi connectivity index (χ2v) is 4.13. The SMILES string of the molecule is CCCc1nc(-c2csc(CN)n2)n[nH]1. The van der Waals surface area contributed by atoms with Crippen LogP contribution in [0.4, 0.5) is 0 Å². The van der Waals surface area contributed by atoms with E-state index in [2.05, 4.69) is 27.1 Å². The first kappa shape index (κ1) is 10.3. The average Bonchev–Trinajstić information content (AvgIpc) is 2.85. The first-order valence-electron chi connectivity index (χ1n) is 4.89. The lowest BCUT2D eigenvalue weighted by atomic mass is 10.3. The van der Waals surface area contributed by atoms with Gasteiger partial charge in [-0.2, -0.15) is 5.10 Å². The maximum Gasteiger partial charge on any atom is 0.200 e. The zero-order chi connectivity index (χ0) is 10.7. The third-order valence-corrected chi connectivity index (χ3v) is 2.85. The monoisotopic (exact) mass is 223 g/mol. The van der Waals surface area contributed by atoms with Gasteiger partial charge in [0.25, 0.3) is 0 Å². The van der Waals surface area contributed by atoms with Crippen molar-refractivity contribution in [2.45, 2.75) is 26.3 Å². The Morgan fingerprint density at radius 3 is 3.00 bits per heavy atom. The van der Waals surface area contributed by atoms with Crippen molar-refractivity contribution in [3.8, 4) is 11.5 Å². The lowest BCUT2D eigenvalue weighted by Gasteiger charge is -1.87. The van der Waals surface area contributed by atoms with E-state index in [1.165, 1.54) is 11.3 Å². The minimum atomic E-state index is 0.469. The first-order valence-corrected chi connectivity index (χ1v) is 5.77. The Bertz CT molecular complexity index is 433. The normalized spacial score (nSPS) is 10.8. The molecule has 0 spiro atoms. The fraction of sp³-hybridized carbons (Fsp3) is 0.444. The van der Waals surface area contributed by atoms with Crippen LogP contribution >= 0.6 is 11.3 Å². The third kappa shape index (κ3) is 2.21. The number of aromatic nitrogens is 4. The van der Waals surface area contributed by atoms with Gasteiger partial charge < -0.3 is 5.73 Å². The molecule has 3 N–H and O–H groups in total. The zero-order valence-corrected chi connectivity index (χ0v) is 9.34. The number of nitrogens with one attached hydrogen (secondary N) is 1. The minimum Gasteiger partial charge on any atom is -0.325 e. The van der Waals surface area contributed by atoms with E-state index in [1.54, 1.807) is 0 Å². The van der Waals surface area contributed by atoms with Gasteiger partial charge in [0.05, 0.1) is 0 Å². The number of nitrogens with two attached hydrogens (primary N) is 1. The van der Waals surface area contributed by atoms with E-state index in [0.29, 0.717) is 12.4 Å². The largest absolute Gasteiger partial charge is 0.325 e. The average molecular weight is 223 g/mol. The van der Waals surface area contributed by atoms with Gasteiger partial charge in [-0.05, 0) is 6.42 Å². The van der Waals surface area contributed by atoms with Crippen LogP contribution in [0.5, 0.6) is 0 Å². The molecule has 80 valence electrons. The van der Waals surface area contributed by atoms with Gasteiger partial charge in [0, 0.05) is 18.3 Å². The number of aromatic amines is 1. The first-order chi connectivity index (χ1) is 7.33. The van der Waals surface area contributed by atoms with Crippen LogP contribution in [-0.4, -0.2) is 20.2 Å². The van der Waals surface area contributed by atoms with Gasteiger partial charge in [0.2, 0.25) is 5.82 Å². The molecule has 2 heterocycles. The number of rotatable bonds is 4. The Kier molecular flexibility index (Phi) is 3.08. The van der Waals surface area contributed by atoms with Crippen molar-refractivity contribution >= 4 is 11.3 Å². The number of thiazole rings is 1. The van der Waals surface area contributed by atoms with Crippen LogP contribution in [0.3, 0.4) is 0 Å². The van der Waals surface area contributed by atoms with Gasteiger partial charge >= 0.3 is 0 Å². The maximum atomic E-state index is 5.49. The molecule has 0 atom stereocenters. The van der Waals surface area contributed by atoms with Crippen molar-refractivity contribution in [3.05, 3.63) is 16.2 Å². The summed E-state index contributed by atoms with van der Waals surface area (Å²) in [6.45, 7) is 2.58. The zero-order valence-electron chi connectivity index (χ0n) is 8.53. The Labute approximate surface area is 91.8 Å². The van der Waals surface area contributed by atoms with E-state index in [9.17, 15) is 0 Å². The smallest absolute Gasteiger partial charge is 0.200 e. The second kappa shape index (κ2) is 4.50. The number of hydrogen-bond donors (Lipinski definition) is 2. The van der Waals surface area contributed by atoms with Crippen LogP contribution in [0, 0.1) is 0 Å². The van der Waals surface area contributed by atoms with E-state index >= 15 is 0 Å². The molecule has 0 unspecified atom stereocenters. The molecule has 2 rings (SSSR count). The molecule has 0 amide bonds. The lowest BCUT2D eigenvalue weighted by molar-refractivity contribution is 0.841. The highest BCUT2D eigenvalue weighted by Crippen LogP contribution is 2.18. The van der Waals surface area contributed by atoms with E-state index in [4.69, 9.17) is 5.73 Å². The summed E-state index contributed by atoms with van der Waals surface area (Å²) in [5, 5.41) is 9.87. The summed E-state index contributed by atoms with van der Waals surface area (Å²) < 4.78 is 0. The summed E-state index contributed by atoms with van der Waals surface area (Å²) in [4.78, 5) is 8.68. The lowest BCUT2D eigenvalue weighted by Crippen LogP contribution is -1.94. The molecule has 0 bridgehead atoms. The Morgan fingerprint density at radius 2 is 2.33 bits per heavy atom. The molecular formula is C9H13N5S. The molecule has 0 aliphatic heterocycles. The molecule has 2 aromatic heterocycles. The van der Waals surface area contributed by atoms with Crippen LogP contribution in [0.25, 0.3) is 11.5 Å². The minimum absolute atomic E-state index is 0.469. The molecule has 5 nitrogen and oxygen atoms in total. The highest BCUT2D eigenvalue weighted by Gasteiger charge is 2.08. The molecule has 0 fully saturated rings. The standard InChI is InChI=1S/C9H13N5S/c1-2-3-7-12-9(14-13-7)6-5-15-8(4-10)11-6/h5H,2-4,10H2,1H3,(H,12,13,14). The fourth-order valence-electron chi connectivity index (χ4n) is 1.27. The molecule has 0 saturated carbocycles. The Balaban J connectivity index is 2.21. The molecule has 0 saturated heterocycles. The molecular weight excluding hydrogens is 210 g/mol. The van der Waals surface area contributed by atoms with Gasteiger partial charge in [0.1, 0.15) is 16.5 Å². The summed E-state index contributed by atoms with van der Waals surface area (Å²) in [7, 11) is 0. The second-order valence-electron chi connectivity index (χ2n) is 3.19. The van der Waals surface area contributed by atoms with E-state index < -0.39 is 0 Å². The highest BCUT2D eigenvalue weighted by atomic mass is 32.1. The molecule has 15 heavy (non-hydrogen) atoms. The molecule has 0 radical (unpaired) electrons. The number of hydrogen-bond acceptors (Lipinski definition) is 5. The number of aryl methyl sites for hydroxylation is 1. The van der Waals surface area contributed by atoms with Crippen molar-refractivity contribution in [1.82, 2.24) is 20.2 Å². The van der Waals surface area contributed by atoms with Gasteiger partial charge in [-0.3, -0.25) is 5.10 Å². The van der Waals surface area contributed by atoms with Crippen molar-refractivity contribution in [1.29, 1.82) is 0 Å². The molecule has 2 aromatic rings. The van der Waals surface area contributed by atoms with E-state index in [0.717, 1.165) is 29.4 Å². The summed E-state index contributed by atoms with van der Waals surface area (Å²) in [6.07, 6.45) is 1.97. The van der Waals surface area contributed by atoms with E-state index in [-0.39, 0.29) is 0 Å². The summed E-state index contributed by atoms with van der Waals surface area (Å²) in [6, 6.07) is 0. The highest BCUT2D eigenvalue weighted by molar-refractivity contribution is 7.09. The van der Waals surface area contributed by atoms with E-state index in [1.807, 2.05) is 5.38 Å². The van der Waals surface area contributed by atoms with Gasteiger partial charge in [-0.1, -0.05) is 6.92 Å². The summed E-state index contributed by atoms with van der Waals surface area (Å²) in [5.41, 5.74) is 6.30. The van der Waals surface area contributed by atoms with Gasteiger partial charge in [0.15, 0.2) is 0 Å². The van der Waals surface area contributed by atoms with Crippen LogP contribution in [-0.2, 0) is 13.0 Å². The third-order valence-electron chi connectivity index (χ3n) is 1.97. The topological polar surface area (TPSA) is 80.5 Å². The predicted octanol–water partition coefficient (Wildman–Crippen LogP) is 1.34. The van der Waals surface area contributed by atoms with Gasteiger partial charge in [-0.15, -0.1) is 11.3 Å². The maximum absolute atomic E-state index is 5.49. The Hall–Kier alpha value is -1.27. The summed E-state index contributed by atoms with van der Waals surface area (Å²) >= 11 is 1.54. The number of H-pyrrole nitrogens is 1. The molecule has 0 aromatic carbocycles. The van der Waals surface area contributed by atoms with Gasteiger partial charge in [-0.25, -0.2) is 9.97 Å². The van der Waals surface area contributed by atoms with Crippen molar-refractivity contribution in [3.63, 3.8) is 0 Å².